The number of hydrogen-bond acceptors (Lipinski definition) is 1. The molecule has 3 aliphatic rings. The van der Waals surface area contributed by atoms with Crippen molar-refractivity contribution in [3.8, 4) is 0 Å². The van der Waals surface area contributed by atoms with Crippen LogP contribution in [-0.2, 0) is 4.74 Å². The van der Waals surface area contributed by atoms with Crippen molar-refractivity contribution in [3.63, 3.8) is 0 Å². The Morgan fingerprint density at radius 2 is 1.80 bits per heavy atom. The Morgan fingerprint density at radius 3 is 2.53 bits per heavy atom. The van der Waals surface area contributed by atoms with Gasteiger partial charge in [-0.05, 0) is 42.9 Å². The normalized spacial score (nSPS) is 51.2. The van der Waals surface area contributed by atoms with Crippen LogP contribution in [0.2, 0.25) is 0 Å². The number of ether oxygens (including phenoxy) is 1. The third kappa shape index (κ3) is 1.63. The van der Waals surface area contributed by atoms with E-state index in [2.05, 4.69) is 13.8 Å². The summed E-state index contributed by atoms with van der Waals surface area (Å²) in [5, 5.41) is 0. The second kappa shape index (κ2) is 3.48. The summed E-state index contributed by atoms with van der Waals surface area (Å²) in [4.78, 5) is 0. The van der Waals surface area contributed by atoms with E-state index in [1.165, 1.54) is 44.9 Å². The predicted octanol–water partition coefficient (Wildman–Crippen LogP) is 3.77. The maximum absolute atomic E-state index is 5.73. The molecule has 1 heterocycles. The zero-order chi connectivity index (χ0) is 10.5. The highest BCUT2D eigenvalue weighted by molar-refractivity contribution is 5.02. The maximum atomic E-state index is 5.73. The van der Waals surface area contributed by atoms with Crippen LogP contribution < -0.4 is 0 Å². The summed E-state index contributed by atoms with van der Waals surface area (Å²) in [6.45, 7) is 5.01. The fraction of sp³-hybridized carbons (Fsp3) is 1.00. The first-order valence-corrected chi connectivity index (χ1v) is 6.85. The number of hydrogen-bond donors (Lipinski definition) is 0. The zero-order valence-corrected chi connectivity index (χ0v) is 10.2. The average molecular weight is 208 g/mol. The summed E-state index contributed by atoms with van der Waals surface area (Å²) in [7, 11) is 0. The molecule has 0 aromatic heterocycles. The van der Waals surface area contributed by atoms with Gasteiger partial charge in [-0.2, -0.15) is 0 Å². The number of epoxide rings is 1. The van der Waals surface area contributed by atoms with E-state index < -0.39 is 0 Å². The lowest BCUT2D eigenvalue weighted by atomic mass is 9.58. The van der Waals surface area contributed by atoms with Crippen LogP contribution in [0.1, 0.15) is 58.8 Å². The van der Waals surface area contributed by atoms with Crippen molar-refractivity contribution in [2.45, 2.75) is 71.0 Å². The van der Waals surface area contributed by atoms with Gasteiger partial charge < -0.3 is 4.74 Å². The van der Waals surface area contributed by atoms with Gasteiger partial charge in [0.1, 0.15) is 0 Å². The zero-order valence-electron chi connectivity index (χ0n) is 10.2. The van der Waals surface area contributed by atoms with Gasteiger partial charge in [-0.1, -0.05) is 33.1 Å². The molecule has 1 aliphatic heterocycles. The van der Waals surface area contributed by atoms with Crippen molar-refractivity contribution < 1.29 is 4.74 Å². The van der Waals surface area contributed by atoms with Gasteiger partial charge >= 0.3 is 0 Å². The van der Waals surface area contributed by atoms with Crippen LogP contribution in [-0.4, -0.2) is 12.2 Å². The monoisotopic (exact) mass is 208 g/mol. The smallest absolute Gasteiger partial charge is 0.0847 e. The molecule has 1 saturated heterocycles. The van der Waals surface area contributed by atoms with Crippen molar-refractivity contribution in [2.24, 2.45) is 17.3 Å². The highest BCUT2D eigenvalue weighted by atomic mass is 16.6. The van der Waals surface area contributed by atoms with E-state index in [9.17, 15) is 0 Å². The first-order valence-electron chi connectivity index (χ1n) is 6.85. The van der Waals surface area contributed by atoms with E-state index in [1.807, 2.05) is 0 Å². The molecule has 3 rings (SSSR count). The molecular weight excluding hydrogens is 184 g/mol. The van der Waals surface area contributed by atoms with Gasteiger partial charge in [0.15, 0.2) is 0 Å². The van der Waals surface area contributed by atoms with Crippen LogP contribution in [0, 0.1) is 17.3 Å². The lowest BCUT2D eigenvalue weighted by molar-refractivity contribution is 0.0429. The lowest BCUT2D eigenvalue weighted by Gasteiger charge is -2.46. The van der Waals surface area contributed by atoms with Crippen molar-refractivity contribution in [1.29, 1.82) is 0 Å². The Kier molecular flexibility index (Phi) is 2.35. The fourth-order valence-electron chi connectivity index (χ4n) is 4.15. The topological polar surface area (TPSA) is 12.5 Å². The summed E-state index contributed by atoms with van der Waals surface area (Å²) in [5.41, 5.74) is 0.595. The molecule has 0 N–H and O–H groups in total. The Morgan fingerprint density at radius 1 is 1.07 bits per heavy atom. The average Bonchev–Trinajstić information content (AvgIpc) is 2.97. The molecule has 0 aromatic carbocycles. The molecule has 1 nitrogen and oxygen atoms in total. The van der Waals surface area contributed by atoms with E-state index in [0.29, 0.717) is 17.6 Å². The van der Waals surface area contributed by atoms with Crippen LogP contribution in [0.25, 0.3) is 0 Å². The third-order valence-electron chi connectivity index (χ3n) is 5.58. The molecular formula is C14H24O. The molecule has 2 saturated carbocycles. The van der Waals surface area contributed by atoms with E-state index >= 15 is 0 Å². The first-order chi connectivity index (χ1) is 7.20. The van der Waals surface area contributed by atoms with Crippen LogP contribution in [0.5, 0.6) is 0 Å². The summed E-state index contributed by atoms with van der Waals surface area (Å²) < 4.78 is 5.73. The van der Waals surface area contributed by atoms with Crippen molar-refractivity contribution in [2.75, 3.05) is 0 Å². The molecule has 0 amide bonds. The quantitative estimate of drug-likeness (QED) is 0.598. The second-order valence-electron chi connectivity index (χ2n) is 6.39. The Bertz CT molecular complexity index is 244. The largest absolute Gasteiger partial charge is 0.370 e. The van der Waals surface area contributed by atoms with Gasteiger partial charge in [-0.3, -0.25) is 0 Å². The molecule has 15 heavy (non-hydrogen) atoms. The molecule has 1 heteroatoms. The van der Waals surface area contributed by atoms with Crippen LogP contribution >= 0.6 is 0 Å². The SMILES string of the molecule is CC1CC2OC2CC1(C)C1CCCCC1. The van der Waals surface area contributed by atoms with Gasteiger partial charge in [-0.25, -0.2) is 0 Å². The lowest BCUT2D eigenvalue weighted by Crippen LogP contribution is -2.40. The minimum Gasteiger partial charge on any atom is -0.370 e. The molecule has 0 aromatic rings. The van der Waals surface area contributed by atoms with Crippen molar-refractivity contribution in [3.05, 3.63) is 0 Å². The van der Waals surface area contributed by atoms with Gasteiger partial charge in [0.2, 0.25) is 0 Å². The molecule has 0 bridgehead atoms. The molecule has 86 valence electrons. The minimum absolute atomic E-state index is 0.595. The Hall–Kier alpha value is -0.0400. The van der Waals surface area contributed by atoms with E-state index in [0.717, 1.165) is 11.8 Å². The molecule has 0 spiro atoms. The molecule has 3 fully saturated rings. The summed E-state index contributed by atoms with van der Waals surface area (Å²) in [5.74, 6) is 1.87. The molecule has 4 atom stereocenters. The third-order valence-corrected chi connectivity index (χ3v) is 5.58. The van der Waals surface area contributed by atoms with Crippen LogP contribution in [0.15, 0.2) is 0 Å². The van der Waals surface area contributed by atoms with Crippen LogP contribution in [0.3, 0.4) is 0 Å². The number of rotatable bonds is 1. The Balaban J connectivity index is 1.74. The fourth-order valence-corrected chi connectivity index (χ4v) is 4.15. The number of fused-ring (bicyclic) bond motifs is 1. The summed E-state index contributed by atoms with van der Waals surface area (Å²) in [6, 6.07) is 0. The van der Waals surface area contributed by atoms with E-state index in [-0.39, 0.29) is 0 Å². The molecule has 2 aliphatic carbocycles. The first kappa shape index (κ1) is 10.1. The van der Waals surface area contributed by atoms with Crippen molar-refractivity contribution in [1.82, 2.24) is 0 Å². The van der Waals surface area contributed by atoms with Gasteiger partial charge in [-0.15, -0.1) is 0 Å². The van der Waals surface area contributed by atoms with E-state index in [4.69, 9.17) is 4.74 Å². The van der Waals surface area contributed by atoms with Crippen LogP contribution in [0.4, 0.5) is 0 Å². The molecule has 0 radical (unpaired) electrons. The Labute approximate surface area is 93.6 Å². The highest BCUT2D eigenvalue weighted by Crippen LogP contribution is 2.55. The summed E-state index contributed by atoms with van der Waals surface area (Å²) >= 11 is 0. The predicted molar refractivity (Wildman–Crippen MR) is 61.7 cm³/mol. The van der Waals surface area contributed by atoms with E-state index in [1.54, 1.807) is 0 Å². The van der Waals surface area contributed by atoms with Gasteiger partial charge in [0.05, 0.1) is 12.2 Å². The highest BCUT2D eigenvalue weighted by Gasteiger charge is 2.54. The molecule has 4 unspecified atom stereocenters. The van der Waals surface area contributed by atoms with Gasteiger partial charge in [0, 0.05) is 0 Å². The summed E-state index contributed by atoms with van der Waals surface area (Å²) in [6.07, 6.45) is 11.4. The standard InChI is InChI=1S/C14H24O/c1-10-8-12-13(15-12)9-14(10,2)11-6-4-3-5-7-11/h10-13H,3-9H2,1-2H3. The minimum atomic E-state index is 0.595. The maximum Gasteiger partial charge on any atom is 0.0847 e. The second-order valence-corrected chi connectivity index (χ2v) is 6.39. The van der Waals surface area contributed by atoms with Crippen molar-refractivity contribution >= 4 is 0 Å². The van der Waals surface area contributed by atoms with Gasteiger partial charge in [0.25, 0.3) is 0 Å².